The van der Waals surface area contributed by atoms with Gasteiger partial charge in [0.15, 0.2) is 17.8 Å². The third kappa shape index (κ3) is 1.11. The van der Waals surface area contributed by atoms with E-state index in [1.54, 1.807) is 10.8 Å². The van der Waals surface area contributed by atoms with Gasteiger partial charge in [0.25, 0.3) is 0 Å². The Morgan fingerprint density at radius 2 is 2.46 bits per heavy atom. The average molecular weight is 175 g/mol. The van der Waals surface area contributed by atoms with Gasteiger partial charge in [0.2, 0.25) is 0 Å². The molecule has 0 atom stereocenters. The van der Waals surface area contributed by atoms with Crippen molar-refractivity contribution in [2.45, 2.75) is 13.5 Å². The van der Waals surface area contributed by atoms with Crippen molar-refractivity contribution in [2.24, 2.45) is 0 Å². The normalized spacial score (nSPS) is 10.5. The number of hydrogen-bond acceptors (Lipinski definition) is 3. The Morgan fingerprint density at radius 3 is 3.15 bits per heavy atom. The van der Waals surface area contributed by atoms with Crippen molar-refractivity contribution in [1.29, 1.82) is 0 Å². The van der Waals surface area contributed by atoms with Crippen molar-refractivity contribution in [3.8, 4) is 0 Å². The van der Waals surface area contributed by atoms with Gasteiger partial charge >= 0.3 is 0 Å². The molecule has 0 radical (unpaired) electrons. The lowest BCUT2D eigenvalue weighted by atomic mass is 10.4. The Hall–Kier alpha value is -1.71. The monoisotopic (exact) mass is 175 g/mol. The van der Waals surface area contributed by atoms with Crippen molar-refractivity contribution in [3.05, 3.63) is 24.2 Å². The predicted molar refractivity (Wildman–Crippen MR) is 48.6 cm³/mol. The summed E-state index contributed by atoms with van der Waals surface area (Å²) in [5, 5.41) is 0. The minimum atomic E-state index is 0.441. The minimum Gasteiger partial charge on any atom is -0.307 e. The molecule has 0 amide bonds. The molecule has 66 valence electrons. The highest BCUT2D eigenvalue weighted by atomic mass is 16.1. The predicted octanol–water partition coefficient (Wildman–Crippen LogP) is 1.26. The number of carbonyl (C=O) groups excluding carboxylic acids is 1. The van der Waals surface area contributed by atoms with Crippen LogP contribution in [-0.4, -0.2) is 20.8 Å². The zero-order valence-electron chi connectivity index (χ0n) is 7.27. The standard InChI is InChI=1S/C9H9N3O/c1-2-12-8(6-13)11-7-4-3-5-10-9(7)12/h3-6H,2H2,1H3. The van der Waals surface area contributed by atoms with E-state index < -0.39 is 0 Å². The molecule has 0 saturated heterocycles. The van der Waals surface area contributed by atoms with Crippen LogP contribution in [-0.2, 0) is 6.54 Å². The Kier molecular flexibility index (Phi) is 1.81. The molecule has 0 spiro atoms. The van der Waals surface area contributed by atoms with Crippen LogP contribution >= 0.6 is 0 Å². The van der Waals surface area contributed by atoms with Gasteiger partial charge in [-0.3, -0.25) is 4.79 Å². The summed E-state index contributed by atoms with van der Waals surface area (Å²) in [5.74, 6) is 0.441. The van der Waals surface area contributed by atoms with E-state index >= 15 is 0 Å². The molecule has 2 heterocycles. The van der Waals surface area contributed by atoms with E-state index in [1.807, 2.05) is 19.1 Å². The fraction of sp³-hybridized carbons (Fsp3) is 0.222. The number of carbonyl (C=O) groups is 1. The van der Waals surface area contributed by atoms with E-state index in [2.05, 4.69) is 9.97 Å². The van der Waals surface area contributed by atoms with Gasteiger partial charge in [0.1, 0.15) is 5.52 Å². The second-order valence-corrected chi connectivity index (χ2v) is 2.68. The summed E-state index contributed by atoms with van der Waals surface area (Å²) in [6.07, 6.45) is 2.45. The first-order chi connectivity index (χ1) is 6.36. The molecule has 4 nitrogen and oxygen atoms in total. The Balaban J connectivity index is 2.81. The number of rotatable bonds is 2. The van der Waals surface area contributed by atoms with Gasteiger partial charge in [0, 0.05) is 12.7 Å². The first-order valence-electron chi connectivity index (χ1n) is 4.13. The molecule has 0 saturated carbocycles. The van der Waals surface area contributed by atoms with Crippen LogP contribution in [0.2, 0.25) is 0 Å². The smallest absolute Gasteiger partial charge is 0.185 e. The zero-order valence-corrected chi connectivity index (χ0v) is 7.27. The maximum atomic E-state index is 10.6. The maximum Gasteiger partial charge on any atom is 0.185 e. The summed E-state index contributed by atoms with van der Waals surface area (Å²) >= 11 is 0. The van der Waals surface area contributed by atoms with E-state index in [4.69, 9.17) is 0 Å². The second-order valence-electron chi connectivity index (χ2n) is 2.68. The van der Waals surface area contributed by atoms with E-state index in [0.717, 1.165) is 17.5 Å². The number of pyridine rings is 1. The lowest BCUT2D eigenvalue weighted by Crippen LogP contribution is -2.00. The van der Waals surface area contributed by atoms with Crippen molar-refractivity contribution >= 4 is 17.5 Å². The van der Waals surface area contributed by atoms with E-state index in [9.17, 15) is 4.79 Å². The number of aldehydes is 1. The van der Waals surface area contributed by atoms with Crippen LogP contribution in [0.3, 0.4) is 0 Å². The summed E-state index contributed by atoms with van der Waals surface area (Å²) < 4.78 is 1.79. The van der Waals surface area contributed by atoms with Crippen LogP contribution in [0.15, 0.2) is 18.3 Å². The van der Waals surface area contributed by atoms with Crippen molar-refractivity contribution in [3.63, 3.8) is 0 Å². The minimum absolute atomic E-state index is 0.441. The molecule has 13 heavy (non-hydrogen) atoms. The molecule has 0 unspecified atom stereocenters. The molecule has 2 aromatic rings. The second kappa shape index (κ2) is 2.97. The average Bonchev–Trinajstić information content (AvgIpc) is 2.55. The molecule has 0 aromatic carbocycles. The fourth-order valence-electron chi connectivity index (χ4n) is 1.38. The lowest BCUT2D eigenvalue weighted by molar-refractivity contribution is 0.111. The molecular weight excluding hydrogens is 166 g/mol. The van der Waals surface area contributed by atoms with Gasteiger partial charge in [-0.05, 0) is 19.1 Å². The summed E-state index contributed by atoms with van der Waals surface area (Å²) in [6.45, 7) is 2.67. The SMILES string of the molecule is CCn1c(C=O)nc2cccnc21. The number of aryl methyl sites for hydroxylation is 1. The van der Waals surface area contributed by atoms with Crippen molar-refractivity contribution < 1.29 is 4.79 Å². The molecule has 2 aromatic heterocycles. The zero-order chi connectivity index (χ0) is 9.26. The van der Waals surface area contributed by atoms with Crippen LogP contribution in [0.25, 0.3) is 11.2 Å². The highest BCUT2D eigenvalue weighted by Crippen LogP contribution is 2.11. The third-order valence-electron chi connectivity index (χ3n) is 1.95. The van der Waals surface area contributed by atoms with Crippen LogP contribution < -0.4 is 0 Å². The Morgan fingerprint density at radius 1 is 1.62 bits per heavy atom. The molecule has 0 fully saturated rings. The number of fused-ring (bicyclic) bond motifs is 1. The maximum absolute atomic E-state index is 10.6. The number of hydrogen-bond donors (Lipinski definition) is 0. The van der Waals surface area contributed by atoms with Crippen molar-refractivity contribution in [1.82, 2.24) is 14.5 Å². The largest absolute Gasteiger partial charge is 0.307 e. The van der Waals surface area contributed by atoms with E-state index in [0.29, 0.717) is 12.4 Å². The van der Waals surface area contributed by atoms with E-state index in [1.165, 1.54) is 0 Å². The molecular formula is C9H9N3O. The van der Waals surface area contributed by atoms with Crippen LogP contribution in [0.5, 0.6) is 0 Å². The molecule has 0 aliphatic rings. The molecule has 0 aliphatic carbocycles. The molecule has 0 N–H and O–H groups in total. The summed E-state index contributed by atoms with van der Waals surface area (Å²) in [6, 6.07) is 3.66. The van der Waals surface area contributed by atoms with Crippen molar-refractivity contribution in [2.75, 3.05) is 0 Å². The highest BCUT2D eigenvalue weighted by molar-refractivity contribution is 5.80. The topological polar surface area (TPSA) is 47.8 Å². The quantitative estimate of drug-likeness (QED) is 0.645. The molecule has 0 bridgehead atoms. The molecule has 2 rings (SSSR count). The Bertz CT molecular complexity index is 447. The summed E-state index contributed by atoms with van der Waals surface area (Å²) in [5.41, 5.74) is 1.54. The van der Waals surface area contributed by atoms with Gasteiger partial charge in [-0.15, -0.1) is 0 Å². The Labute approximate surface area is 75.2 Å². The number of imidazole rings is 1. The summed E-state index contributed by atoms with van der Waals surface area (Å²) in [4.78, 5) is 18.9. The van der Waals surface area contributed by atoms with Gasteiger partial charge in [0.05, 0.1) is 0 Å². The van der Waals surface area contributed by atoms with Gasteiger partial charge in [-0.1, -0.05) is 0 Å². The molecule has 0 aliphatic heterocycles. The highest BCUT2D eigenvalue weighted by Gasteiger charge is 2.07. The van der Waals surface area contributed by atoms with Gasteiger partial charge in [-0.2, -0.15) is 0 Å². The third-order valence-corrected chi connectivity index (χ3v) is 1.95. The number of nitrogens with zero attached hydrogens (tertiary/aromatic N) is 3. The summed E-state index contributed by atoms with van der Waals surface area (Å²) in [7, 11) is 0. The first kappa shape index (κ1) is 7.91. The van der Waals surface area contributed by atoms with E-state index in [-0.39, 0.29) is 0 Å². The van der Waals surface area contributed by atoms with Crippen LogP contribution in [0.1, 0.15) is 17.5 Å². The number of aromatic nitrogens is 3. The fourth-order valence-corrected chi connectivity index (χ4v) is 1.38. The van der Waals surface area contributed by atoms with Crippen LogP contribution in [0, 0.1) is 0 Å². The van der Waals surface area contributed by atoms with Crippen LogP contribution in [0.4, 0.5) is 0 Å². The van der Waals surface area contributed by atoms with Gasteiger partial charge in [-0.25, -0.2) is 9.97 Å². The van der Waals surface area contributed by atoms with Gasteiger partial charge < -0.3 is 4.57 Å². The lowest BCUT2D eigenvalue weighted by Gasteiger charge is -1.98. The first-order valence-corrected chi connectivity index (χ1v) is 4.13. The molecule has 4 heteroatoms.